The van der Waals surface area contributed by atoms with Crippen LogP contribution in [0.4, 0.5) is 5.69 Å². The average molecular weight is 214 g/mol. The fourth-order valence-electron chi connectivity index (χ4n) is 1.17. The van der Waals surface area contributed by atoms with Crippen LogP contribution in [0.3, 0.4) is 0 Å². The summed E-state index contributed by atoms with van der Waals surface area (Å²) in [6.45, 7) is 10.9. The summed E-state index contributed by atoms with van der Waals surface area (Å²) in [5, 5.41) is 1.12. The monoisotopic (exact) mass is 213 g/mol. The molecule has 0 spiro atoms. The average Bonchev–Trinajstić information content (AvgIpc) is 2.04. The topological polar surface area (TPSA) is 4.36 Å². The lowest BCUT2D eigenvalue weighted by molar-refractivity contribution is 0.868. The SMILES string of the molecule is [C-]#[N+]c1ccc(Cl)c(C(C)C)c1Cl. The Balaban J connectivity index is 3.41. The van der Waals surface area contributed by atoms with Crippen molar-refractivity contribution in [1.82, 2.24) is 0 Å². The standard InChI is InChI=1S/C10H9Cl2N/c1-6(2)9-7(11)4-5-8(13-3)10(9)12/h4-6H,1-2H3. The highest BCUT2D eigenvalue weighted by molar-refractivity contribution is 6.37. The first-order valence-corrected chi connectivity index (χ1v) is 4.69. The summed E-state index contributed by atoms with van der Waals surface area (Å²) in [6, 6.07) is 3.36. The highest BCUT2D eigenvalue weighted by Crippen LogP contribution is 2.37. The molecule has 0 saturated carbocycles. The highest BCUT2D eigenvalue weighted by Gasteiger charge is 2.12. The number of halogens is 2. The van der Waals surface area contributed by atoms with Crippen LogP contribution in [-0.2, 0) is 0 Å². The molecule has 68 valence electrons. The van der Waals surface area contributed by atoms with E-state index in [9.17, 15) is 0 Å². The van der Waals surface area contributed by atoms with Crippen LogP contribution in [0.1, 0.15) is 25.3 Å². The van der Waals surface area contributed by atoms with Gasteiger partial charge in [-0.15, -0.1) is 0 Å². The molecule has 0 amide bonds. The third-order valence-electron chi connectivity index (χ3n) is 1.80. The fraction of sp³-hybridized carbons (Fsp3) is 0.300. The third kappa shape index (κ3) is 1.96. The number of hydrogen-bond acceptors (Lipinski definition) is 0. The van der Waals surface area contributed by atoms with Gasteiger partial charge < -0.3 is 0 Å². The van der Waals surface area contributed by atoms with E-state index in [0.29, 0.717) is 15.7 Å². The second-order valence-corrected chi connectivity index (χ2v) is 3.85. The van der Waals surface area contributed by atoms with E-state index in [1.807, 2.05) is 13.8 Å². The molecule has 1 aromatic rings. The van der Waals surface area contributed by atoms with Crippen LogP contribution in [0, 0.1) is 6.57 Å². The van der Waals surface area contributed by atoms with Crippen LogP contribution in [0.15, 0.2) is 12.1 Å². The summed E-state index contributed by atoms with van der Waals surface area (Å²) < 4.78 is 0. The van der Waals surface area contributed by atoms with Gasteiger partial charge in [-0.2, -0.15) is 0 Å². The summed E-state index contributed by atoms with van der Waals surface area (Å²) in [5.74, 6) is 0.238. The minimum atomic E-state index is 0.238. The highest BCUT2D eigenvalue weighted by atomic mass is 35.5. The molecule has 0 N–H and O–H groups in total. The van der Waals surface area contributed by atoms with Gasteiger partial charge in [0.2, 0.25) is 5.69 Å². The molecule has 1 rings (SSSR count). The molecule has 0 aliphatic heterocycles. The molecular weight excluding hydrogens is 205 g/mol. The third-order valence-corrected chi connectivity index (χ3v) is 2.53. The Morgan fingerprint density at radius 2 is 1.92 bits per heavy atom. The second kappa shape index (κ2) is 4.00. The largest absolute Gasteiger partial charge is 0.237 e. The minimum Gasteiger partial charge on any atom is -0.237 e. The molecule has 0 unspecified atom stereocenters. The van der Waals surface area contributed by atoms with Crippen LogP contribution < -0.4 is 0 Å². The molecule has 0 saturated heterocycles. The molecule has 1 aromatic carbocycles. The lowest BCUT2D eigenvalue weighted by Crippen LogP contribution is -1.90. The molecule has 0 fully saturated rings. The molecular formula is C10H9Cl2N. The van der Waals surface area contributed by atoms with Crippen molar-refractivity contribution in [1.29, 1.82) is 0 Å². The van der Waals surface area contributed by atoms with Crippen LogP contribution >= 0.6 is 23.2 Å². The van der Waals surface area contributed by atoms with Gasteiger partial charge in [0, 0.05) is 5.02 Å². The Kier molecular flexibility index (Phi) is 3.19. The first-order chi connectivity index (χ1) is 6.07. The summed E-state index contributed by atoms with van der Waals surface area (Å²) in [6.07, 6.45) is 0. The van der Waals surface area contributed by atoms with Crippen molar-refractivity contribution >= 4 is 28.9 Å². The number of nitrogens with zero attached hydrogens (tertiary/aromatic N) is 1. The number of rotatable bonds is 1. The molecule has 0 aliphatic carbocycles. The Morgan fingerprint density at radius 3 is 2.38 bits per heavy atom. The van der Waals surface area contributed by atoms with E-state index >= 15 is 0 Å². The van der Waals surface area contributed by atoms with E-state index in [-0.39, 0.29) is 5.92 Å². The normalized spacial score (nSPS) is 10.2. The van der Waals surface area contributed by atoms with Gasteiger partial charge in [0.15, 0.2) is 0 Å². The van der Waals surface area contributed by atoms with Crippen molar-refractivity contribution in [3.05, 3.63) is 39.2 Å². The fourth-order valence-corrected chi connectivity index (χ4v) is 2.02. The predicted molar refractivity (Wildman–Crippen MR) is 56.8 cm³/mol. The van der Waals surface area contributed by atoms with Gasteiger partial charge in [0.05, 0.1) is 11.6 Å². The van der Waals surface area contributed by atoms with Crippen molar-refractivity contribution in [3.8, 4) is 0 Å². The van der Waals surface area contributed by atoms with E-state index in [1.54, 1.807) is 12.1 Å². The molecule has 3 heteroatoms. The van der Waals surface area contributed by atoms with Gasteiger partial charge in [0.1, 0.15) is 0 Å². The molecule has 0 aliphatic rings. The van der Waals surface area contributed by atoms with Gasteiger partial charge in [-0.05, 0) is 11.5 Å². The van der Waals surface area contributed by atoms with Gasteiger partial charge in [-0.3, -0.25) is 0 Å². The molecule has 0 heterocycles. The molecule has 0 atom stereocenters. The maximum atomic E-state index is 6.89. The lowest BCUT2D eigenvalue weighted by Gasteiger charge is -2.11. The van der Waals surface area contributed by atoms with Crippen LogP contribution in [0.2, 0.25) is 10.0 Å². The Morgan fingerprint density at radius 1 is 1.31 bits per heavy atom. The molecule has 13 heavy (non-hydrogen) atoms. The van der Waals surface area contributed by atoms with E-state index in [2.05, 4.69) is 4.85 Å². The predicted octanol–water partition coefficient (Wildman–Crippen LogP) is 4.67. The van der Waals surface area contributed by atoms with Crippen molar-refractivity contribution in [2.75, 3.05) is 0 Å². The maximum Gasteiger partial charge on any atom is 0.205 e. The van der Waals surface area contributed by atoms with E-state index in [1.165, 1.54) is 0 Å². The Bertz CT molecular complexity index is 364. The first kappa shape index (κ1) is 10.4. The van der Waals surface area contributed by atoms with Crippen LogP contribution in [0.5, 0.6) is 0 Å². The molecule has 0 radical (unpaired) electrons. The maximum absolute atomic E-state index is 6.89. The summed E-state index contributed by atoms with van der Waals surface area (Å²) in [5.41, 5.74) is 1.33. The van der Waals surface area contributed by atoms with Crippen molar-refractivity contribution in [2.24, 2.45) is 0 Å². The zero-order valence-electron chi connectivity index (χ0n) is 7.44. The van der Waals surface area contributed by atoms with E-state index in [0.717, 1.165) is 5.56 Å². The van der Waals surface area contributed by atoms with E-state index < -0.39 is 0 Å². The molecule has 0 bridgehead atoms. The number of hydrogen-bond donors (Lipinski definition) is 0. The van der Waals surface area contributed by atoms with Crippen molar-refractivity contribution < 1.29 is 0 Å². The molecule has 0 aromatic heterocycles. The Hall–Kier alpha value is -0.710. The summed E-state index contributed by atoms with van der Waals surface area (Å²) >= 11 is 12.0. The quantitative estimate of drug-likeness (QED) is 0.598. The van der Waals surface area contributed by atoms with Crippen molar-refractivity contribution in [2.45, 2.75) is 19.8 Å². The van der Waals surface area contributed by atoms with Crippen molar-refractivity contribution in [3.63, 3.8) is 0 Å². The zero-order valence-corrected chi connectivity index (χ0v) is 8.95. The minimum absolute atomic E-state index is 0.238. The van der Waals surface area contributed by atoms with Gasteiger partial charge >= 0.3 is 0 Å². The lowest BCUT2D eigenvalue weighted by atomic mass is 10.0. The summed E-state index contributed by atoms with van der Waals surface area (Å²) in [4.78, 5) is 3.31. The van der Waals surface area contributed by atoms with Gasteiger partial charge in [0.25, 0.3) is 0 Å². The van der Waals surface area contributed by atoms with Gasteiger partial charge in [-0.25, -0.2) is 4.85 Å². The van der Waals surface area contributed by atoms with Crippen LogP contribution in [-0.4, -0.2) is 0 Å². The number of benzene rings is 1. The second-order valence-electron chi connectivity index (χ2n) is 3.06. The van der Waals surface area contributed by atoms with Gasteiger partial charge in [-0.1, -0.05) is 49.2 Å². The summed E-state index contributed by atoms with van der Waals surface area (Å²) in [7, 11) is 0. The first-order valence-electron chi connectivity index (χ1n) is 3.93. The van der Waals surface area contributed by atoms with Crippen LogP contribution in [0.25, 0.3) is 4.85 Å². The smallest absolute Gasteiger partial charge is 0.205 e. The van der Waals surface area contributed by atoms with E-state index in [4.69, 9.17) is 29.8 Å². The Labute approximate surface area is 88.1 Å². The molecule has 1 nitrogen and oxygen atoms in total. The zero-order chi connectivity index (χ0) is 10.0.